The van der Waals surface area contributed by atoms with Crippen molar-refractivity contribution in [2.24, 2.45) is 0 Å². The van der Waals surface area contributed by atoms with Crippen molar-refractivity contribution >= 4 is 5.91 Å². The van der Waals surface area contributed by atoms with Crippen LogP contribution in [0.15, 0.2) is 43.0 Å². The van der Waals surface area contributed by atoms with Crippen LogP contribution in [0.4, 0.5) is 0 Å². The van der Waals surface area contributed by atoms with Gasteiger partial charge in [0.2, 0.25) is 5.91 Å². The van der Waals surface area contributed by atoms with Crippen molar-refractivity contribution in [3.8, 4) is 0 Å². The zero-order valence-corrected chi connectivity index (χ0v) is 15.8. The van der Waals surface area contributed by atoms with Crippen LogP contribution in [0, 0.1) is 6.92 Å². The summed E-state index contributed by atoms with van der Waals surface area (Å²) >= 11 is 0. The summed E-state index contributed by atoms with van der Waals surface area (Å²) in [5, 5.41) is 0. The van der Waals surface area contributed by atoms with Crippen molar-refractivity contribution in [3.05, 3.63) is 59.7 Å². The van der Waals surface area contributed by atoms with Crippen molar-refractivity contribution in [3.63, 3.8) is 0 Å². The first kappa shape index (κ1) is 18.5. The maximum Gasteiger partial charge on any atom is 0.219 e. The molecule has 26 heavy (non-hydrogen) atoms. The highest BCUT2D eigenvalue weighted by atomic mass is 16.2. The minimum atomic E-state index is 0.130. The highest BCUT2D eigenvalue weighted by Crippen LogP contribution is 2.20. The van der Waals surface area contributed by atoms with Gasteiger partial charge in [-0.25, -0.2) is 9.97 Å². The third-order valence-electron chi connectivity index (χ3n) is 5.13. The molecule has 1 saturated heterocycles. The van der Waals surface area contributed by atoms with E-state index in [2.05, 4.69) is 46.1 Å². The van der Waals surface area contributed by atoms with Crippen molar-refractivity contribution in [1.29, 1.82) is 0 Å². The standard InChI is InChI=1S/C21H28N4O/c1-17-5-7-19(8-6-17)14-24-10-3-4-21(9-11-24)25(18(2)26)15-20-12-22-16-23-13-20/h5-8,12-13,16,21H,3-4,9-11,14-15H2,1-2H3/t21-/m0/s1. The van der Waals surface area contributed by atoms with E-state index < -0.39 is 0 Å². The molecule has 0 saturated carbocycles. The van der Waals surface area contributed by atoms with Gasteiger partial charge in [0.15, 0.2) is 0 Å². The number of aryl methyl sites for hydroxylation is 1. The summed E-state index contributed by atoms with van der Waals surface area (Å²) in [7, 11) is 0. The van der Waals surface area contributed by atoms with Crippen molar-refractivity contribution < 1.29 is 4.79 Å². The minimum Gasteiger partial charge on any atom is -0.335 e. The van der Waals surface area contributed by atoms with Crippen LogP contribution in [-0.2, 0) is 17.9 Å². The molecule has 1 aromatic heterocycles. The van der Waals surface area contributed by atoms with Crippen molar-refractivity contribution in [2.75, 3.05) is 13.1 Å². The van der Waals surface area contributed by atoms with Crippen LogP contribution in [0.5, 0.6) is 0 Å². The average Bonchev–Trinajstić information content (AvgIpc) is 2.88. The fourth-order valence-corrected chi connectivity index (χ4v) is 3.67. The van der Waals surface area contributed by atoms with Crippen molar-refractivity contribution in [1.82, 2.24) is 19.8 Å². The highest BCUT2D eigenvalue weighted by molar-refractivity contribution is 5.73. The first-order valence-electron chi connectivity index (χ1n) is 9.41. The molecule has 5 nitrogen and oxygen atoms in total. The van der Waals surface area contributed by atoms with Gasteiger partial charge >= 0.3 is 0 Å². The molecule has 0 bridgehead atoms. The zero-order chi connectivity index (χ0) is 18.4. The molecule has 1 aliphatic rings. The van der Waals surface area contributed by atoms with Gasteiger partial charge in [-0.2, -0.15) is 0 Å². The zero-order valence-electron chi connectivity index (χ0n) is 15.8. The monoisotopic (exact) mass is 352 g/mol. The molecule has 0 N–H and O–H groups in total. The predicted octanol–water partition coefficient (Wildman–Crippen LogP) is 3.19. The van der Waals surface area contributed by atoms with E-state index >= 15 is 0 Å². The van der Waals surface area contributed by atoms with Gasteiger partial charge in [0, 0.05) is 50.6 Å². The molecule has 138 valence electrons. The van der Waals surface area contributed by atoms with Gasteiger partial charge in [-0.15, -0.1) is 0 Å². The maximum atomic E-state index is 12.2. The summed E-state index contributed by atoms with van der Waals surface area (Å²) in [5.74, 6) is 0.130. The molecule has 0 unspecified atom stereocenters. The van der Waals surface area contributed by atoms with Crippen LogP contribution in [0.2, 0.25) is 0 Å². The summed E-state index contributed by atoms with van der Waals surface area (Å²) in [6, 6.07) is 9.07. The van der Waals surface area contributed by atoms with E-state index in [1.54, 1.807) is 19.3 Å². The van der Waals surface area contributed by atoms with Crippen LogP contribution in [0.25, 0.3) is 0 Å². The number of carbonyl (C=O) groups is 1. The largest absolute Gasteiger partial charge is 0.335 e. The Kier molecular flexibility index (Phi) is 6.34. The molecule has 3 rings (SSSR count). The molecule has 2 aromatic rings. The van der Waals surface area contributed by atoms with E-state index in [0.29, 0.717) is 6.54 Å². The molecule has 0 spiro atoms. The molecular weight excluding hydrogens is 324 g/mol. The van der Waals surface area contributed by atoms with Crippen LogP contribution < -0.4 is 0 Å². The topological polar surface area (TPSA) is 49.3 Å². The molecule has 1 atom stereocenters. The van der Waals surface area contributed by atoms with Crippen molar-refractivity contribution in [2.45, 2.75) is 52.2 Å². The lowest BCUT2D eigenvalue weighted by atomic mass is 10.1. The minimum absolute atomic E-state index is 0.130. The Labute approximate surface area is 156 Å². The van der Waals surface area contributed by atoms with Crippen LogP contribution in [0.1, 0.15) is 42.9 Å². The number of amides is 1. The van der Waals surface area contributed by atoms with E-state index in [-0.39, 0.29) is 11.9 Å². The Hall–Kier alpha value is -2.27. The Balaban J connectivity index is 1.60. The van der Waals surface area contributed by atoms with E-state index in [9.17, 15) is 4.79 Å². The van der Waals surface area contributed by atoms with E-state index in [4.69, 9.17) is 0 Å². The number of nitrogens with zero attached hydrogens (tertiary/aromatic N) is 4. The second-order valence-electron chi connectivity index (χ2n) is 7.24. The fourth-order valence-electron chi connectivity index (χ4n) is 3.67. The average molecular weight is 352 g/mol. The first-order chi connectivity index (χ1) is 12.6. The Bertz CT molecular complexity index is 702. The lowest BCUT2D eigenvalue weighted by Gasteiger charge is -2.30. The molecule has 2 heterocycles. The normalized spacial score (nSPS) is 18.3. The molecule has 1 amide bonds. The summed E-state index contributed by atoms with van der Waals surface area (Å²) in [6.45, 7) is 7.48. The van der Waals surface area contributed by atoms with Gasteiger partial charge in [0.05, 0.1) is 0 Å². The molecule has 5 heteroatoms. The summed E-state index contributed by atoms with van der Waals surface area (Å²) < 4.78 is 0. The number of likely N-dealkylation sites (tertiary alicyclic amines) is 1. The maximum absolute atomic E-state index is 12.2. The van der Waals surface area contributed by atoms with E-state index in [0.717, 1.165) is 44.5 Å². The number of benzene rings is 1. The van der Waals surface area contributed by atoms with Gasteiger partial charge < -0.3 is 4.90 Å². The lowest BCUT2D eigenvalue weighted by Crippen LogP contribution is -2.39. The number of rotatable bonds is 5. The summed E-state index contributed by atoms with van der Waals surface area (Å²) in [6.07, 6.45) is 8.30. The van der Waals surface area contributed by atoms with E-state index in [1.165, 1.54) is 17.5 Å². The second kappa shape index (κ2) is 8.90. The SMILES string of the molecule is CC(=O)N(Cc1cncnc1)[C@H]1CCCN(Cc2ccc(C)cc2)CC1. The van der Waals surface area contributed by atoms with Gasteiger partial charge in [-0.1, -0.05) is 29.8 Å². The van der Waals surface area contributed by atoms with Gasteiger partial charge in [-0.05, 0) is 38.3 Å². The number of carbonyl (C=O) groups excluding carboxylic acids is 1. The van der Waals surface area contributed by atoms with Gasteiger partial charge in [0.1, 0.15) is 6.33 Å². The third kappa shape index (κ3) is 5.11. The van der Waals surface area contributed by atoms with Gasteiger partial charge in [-0.3, -0.25) is 9.69 Å². The molecule has 1 aromatic carbocycles. The Morgan fingerprint density at radius 3 is 2.54 bits per heavy atom. The molecule has 0 aliphatic carbocycles. The quantitative estimate of drug-likeness (QED) is 0.829. The number of aromatic nitrogens is 2. The molecular formula is C21H28N4O. The molecule has 1 aliphatic heterocycles. The smallest absolute Gasteiger partial charge is 0.219 e. The van der Waals surface area contributed by atoms with Crippen LogP contribution in [0.3, 0.4) is 0 Å². The summed E-state index contributed by atoms with van der Waals surface area (Å²) in [4.78, 5) is 24.9. The summed E-state index contributed by atoms with van der Waals surface area (Å²) in [5.41, 5.74) is 3.65. The van der Waals surface area contributed by atoms with Crippen LogP contribution in [-0.4, -0.2) is 44.8 Å². The Morgan fingerprint density at radius 1 is 1.12 bits per heavy atom. The van der Waals surface area contributed by atoms with Gasteiger partial charge in [0.25, 0.3) is 0 Å². The highest BCUT2D eigenvalue weighted by Gasteiger charge is 2.24. The number of hydrogen-bond donors (Lipinski definition) is 0. The Morgan fingerprint density at radius 2 is 1.85 bits per heavy atom. The first-order valence-corrected chi connectivity index (χ1v) is 9.41. The lowest BCUT2D eigenvalue weighted by molar-refractivity contribution is -0.132. The van der Waals surface area contributed by atoms with E-state index in [1.807, 2.05) is 4.90 Å². The second-order valence-corrected chi connectivity index (χ2v) is 7.24. The molecule has 1 fully saturated rings. The van der Waals surface area contributed by atoms with Crippen LogP contribution >= 0.6 is 0 Å². The molecule has 0 radical (unpaired) electrons. The number of hydrogen-bond acceptors (Lipinski definition) is 4. The third-order valence-corrected chi connectivity index (χ3v) is 5.13. The fraction of sp³-hybridized carbons (Fsp3) is 0.476. The predicted molar refractivity (Wildman–Crippen MR) is 102 cm³/mol.